The van der Waals surface area contributed by atoms with Crippen molar-refractivity contribution in [3.63, 3.8) is 0 Å². The van der Waals surface area contributed by atoms with Gasteiger partial charge in [-0.25, -0.2) is 4.58 Å². The molecule has 0 fully saturated rings. The quantitative estimate of drug-likeness (QED) is 0.432. The first-order chi connectivity index (χ1) is 5.46. The van der Waals surface area contributed by atoms with Gasteiger partial charge in [-0.3, -0.25) is 0 Å². The number of likely N-dealkylation sites (N-methyl/N-ethyl adjacent to an activating group) is 1. The fourth-order valence-electron chi connectivity index (χ4n) is 1.38. The number of allylic oxidation sites excluding steroid dienone is 2. The molecule has 1 aliphatic rings. The summed E-state index contributed by atoms with van der Waals surface area (Å²) in [6.07, 6.45) is 0. The molecule has 0 aromatic carbocycles. The van der Waals surface area contributed by atoms with Gasteiger partial charge in [-0.2, -0.15) is 0 Å². The molecule has 0 saturated heterocycles. The highest BCUT2D eigenvalue weighted by molar-refractivity contribution is 7.65. The molecule has 12 heavy (non-hydrogen) atoms. The Morgan fingerprint density at radius 1 is 1.33 bits per heavy atom. The normalized spacial score (nSPS) is 16.3. The lowest BCUT2D eigenvalue weighted by Crippen LogP contribution is -2.34. The average molecular weight is 182 g/mol. The second-order valence-electron chi connectivity index (χ2n) is 3.29. The maximum Gasteiger partial charge on any atom is 0.190 e. The largest absolute Gasteiger partial charge is 0.771 e. The highest BCUT2D eigenvalue weighted by Gasteiger charge is 2.28. The van der Waals surface area contributed by atoms with E-state index in [1.165, 1.54) is 0 Å². The predicted molar refractivity (Wildman–Crippen MR) is 54.3 cm³/mol. The summed E-state index contributed by atoms with van der Waals surface area (Å²) >= 11 is 5.24. The monoisotopic (exact) mass is 182 g/mol. The molecule has 0 saturated carbocycles. The Balaban J connectivity index is 3.13. The lowest BCUT2D eigenvalue weighted by molar-refractivity contribution is -0.463. The zero-order valence-electron chi connectivity index (χ0n) is 8.01. The van der Waals surface area contributed by atoms with E-state index < -0.39 is 0 Å². The first-order valence-corrected chi connectivity index (χ1v) is 4.20. The molecule has 0 N–H and O–H groups in total. The molecule has 0 spiro atoms. The summed E-state index contributed by atoms with van der Waals surface area (Å²) in [6.45, 7) is 3.97. The summed E-state index contributed by atoms with van der Waals surface area (Å²) < 4.78 is 2.01. The maximum atomic E-state index is 5.24. The molecule has 0 bridgehead atoms. The Kier molecular flexibility index (Phi) is 2.24. The van der Waals surface area contributed by atoms with Crippen LogP contribution < -0.4 is 0 Å². The summed E-state index contributed by atoms with van der Waals surface area (Å²) in [5.74, 6) is 0. The summed E-state index contributed by atoms with van der Waals surface area (Å²) in [5, 5.41) is 0. The highest BCUT2D eigenvalue weighted by atomic mass is 32.1. The van der Waals surface area contributed by atoms with E-state index in [0.717, 1.165) is 21.9 Å². The van der Waals surface area contributed by atoms with Crippen LogP contribution in [0.5, 0.6) is 0 Å². The Morgan fingerprint density at radius 3 is 2.08 bits per heavy atom. The average Bonchev–Trinajstić information content (AvgIpc) is 1.84. The number of hydrogen-bond donors (Lipinski definition) is 0. The van der Waals surface area contributed by atoms with Crippen LogP contribution in [0.3, 0.4) is 0 Å². The minimum atomic E-state index is 0.926. The van der Waals surface area contributed by atoms with Crippen LogP contribution in [0.25, 0.3) is 0 Å². The van der Waals surface area contributed by atoms with Gasteiger partial charge >= 0.3 is 0 Å². The first-order valence-electron chi connectivity index (χ1n) is 3.79. The Morgan fingerprint density at radius 2 is 1.83 bits per heavy atom. The van der Waals surface area contributed by atoms with Crippen molar-refractivity contribution in [1.82, 2.24) is 4.90 Å². The molecular formula is C9H14N2S. The van der Waals surface area contributed by atoms with Crippen molar-refractivity contribution < 1.29 is 4.58 Å². The van der Waals surface area contributed by atoms with Crippen molar-refractivity contribution >= 4 is 18.3 Å². The van der Waals surface area contributed by atoms with E-state index >= 15 is 0 Å². The van der Waals surface area contributed by atoms with Gasteiger partial charge in [-0.1, -0.05) is 11.5 Å². The molecule has 0 atom stereocenters. The van der Waals surface area contributed by atoms with Crippen molar-refractivity contribution in [2.75, 3.05) is 28.2 Å². The number of rotatable bonds is 1. The highest BCUT2D eigenvalue weighted by Crippen LogP contribution is 2.29. The van der Waals surface area contributed by atoms with Crippen LogP contribution in [0.4, 0.5) is 0 Å². The summed E-state index contributed by atoms with van der Waals surface area (Å²) in [4.78, 5) is 2.94. The van der Waals surface area contributed by atoms with E-state index in [1.54, 1.807) is 0 Å². The molecule has 1 aliphatic carbocycles. The van der Waals surface area contributed by atoms with Crippen LogP contribution in [-0.2, 0) is 12.6 Å². The van der Waals surface area contributed by atoms with Gasteiger partial charge in [0.2, 0.25) is 0 Å². The Hall–Kier alpha value is -0.830. The van der Waals surface area contributed by atoms with Crippen LogP contribution in [-0.4, -0.2) is 43.4 Å². The molecule has 0 unspecified atom stereocenters. The summed E-state index contributed by atoms with van der Waals surface area (Å²) in [5.41, 5.74) is 3.23. The molecule has 2 nitrogen and oxygen atoms in total. The van der Waals surface area contributed by atoms with Crippen molar-refractivity contribution in [3.05, 3.63) is 22.8 Å². The van der Waals surface area contributed by atoms with Crippen LogP contribution >= 0.6 is 0 Å². The van der Waals surface area contributed by atoms with Gasteiger partial charge in [0.25, 0.3) is 0 Å². The fourth-order valence-corrected chi connectivity index (χ4v) is 1.99. The first kappa shape index (κ1) is 9.26. The summed E-state index contributed by atoms with van der Waals surface area (Å²) in [7, 11) is 7.94. The molecule has 0 aliphatic heterocycles. The van der Waals surface area contributed by atoms with Gasteiger partial charge in [-0.05, 0) is 0 Å². The molecule has 0 heterocycles. The van der Waals surface area contributed by atoms with E-state index in [1.807, 2.05) is 37.7 Å². The van der Waals surface area contributed by atoms with E-state index in [-0.39, 0.29) is 0 Å². The number of nitrogens with zero attached hydrogens (tertiary/aromatic N) is 2. The second kappa shape index (κ2) is 2.90. The van der Waals surface area contributed by atoms with Gasteiger partial charge in [0.15, 0.2) is 5.71 Å². The molecule has 1 rings (SSSR count). The van der Waals surface area contributed by atoms with Crippen LogP contribution in [0.15, 0.2) is 22.8 Å². The van der Waals surface area contributed by atoms with Gasteiger partial charge in [0, 0.05) is 19.8 Å². The van der Waals surface area contributed by atoms with E-state index in [4.69, 9.17) is 12.6 Å². The Bertz CT molecular complexity index is 294. The van der Waals surface area contributed by atoms with E-state index in [9.17, 15) is 0 Å². The van der Waals surface area contributed by atoms with Crippen molar-refractivity contribution in [2.24, 2.45) is 0 Å². The van der Waals surface area contributed by atoms with Crippen molar-refractivity contribution in [1.29, 1.82) is 0 Å². The third kappa shape index (κ3) is 1.14. The third-order valence-corrected chi connectivity index (χ3v) is 2.28. The topological polar surface area (TPSA) is 6.25 Å². The molecule has 0 radical (unpaired) electrons. The van der Waals surface area contributed by atoms with Crippen LogP contribution in [0.2, 0.25) is 0 Å². The van der Waals surface area contributed by atoms with Crippen molar-refractivity contribution in [2.45, 2.75) is 0 Å². The zero-order valence-corrected chi connectivity index (χ0v) is 8.83. The SMILES string of the molecule is C=C1C(N(C)C)=C([S-])C1=[N+](C)C. The fraction of sp³-hybridized carbons (Fsp3) is 0.444. The van der Waals surface area contributed by atoms with Gasteiger partial charge in [-0.15, -0.1) is 0 Å². The standard InChI is InChI=1S/C9H14N2S/c1-6-7(10(2)3)9(12)8(6)11(4)5/h1H2,2-5H3. The molecule has 0 amide bonds. The third-order valence-electron chi connectivity index (χ3n) is 1.90. The lowest BCUT2D eigenvalue weighted by Gasteiger charge is -2.35. The van der Waals surface area contributed by atoms with E-state index in [0.29, 0.717) is 0 Å². The second-order valence-corrected chi connectivity index (χ2v) is 3.70. The molecule has 3 heteroatoms. The summed E-state index contributed by atoms with van der Waals surface area (Å²) in [6, 6.07) is 0. The van der Waals surface area contributed by atoms with Crippen LogP contribution in [0, 0.1) is 0 Å². The minimum absolute atomic E-state index is 0.926. The van der Waals surface area contributed by atoms with Gasteiger partial charge in [0.1, 0.15) is 14.1 Å². The molecule has 0 aromatic heterocycles. The lowest BCUT2D eigenvalue weighted by atomic mass is 9.95. The van der Waals surface area contributed by atoms with Gasteiger partial charge in [0.05, 0.1) is 5.57 Å². The van der Waals surface area contributed by atoms with E-state index in [2.05, 4.69) is 6.58 Å². The smallest absolute Gasteiger partial charge is 0.190 e. The van der Waals surface area contributed by atoms with Crippen LogP contribution in [0.1, 0.15) is 0 Å². The maximum absolute atomic E-state index is 5.24. The van der Waals surface area contributed by atoms with Crippen molar-refractivity contribution in [3.8, 4) is 0 Å². The number of hydrogen-bond acceptors (Lipinski definition) is 2. The Labute approximate surface area is 79.3 Å². The molecule has 66 valence electrons. The molecular weight excluding hydrogens is 168 g/mol. The molecule has 0 aromatic rings. The van der Waals surface area contributed by atoms with Gasteiger partial charge < -0.3 is 17.5 Å². The minimum Gasteiger partial charge on any atom is -0.771 e. The predicted octanol–water partition coefficient (Wildman–Crippen LogP) is 0.589. The zero-order chi connectivity index (χ0) is 9.46.